The molecule has 0 bridgehead atoms. The monoisotopic (exact) mass is 887 g/mol. The number of hydrogen-bond donors (Lipinski definition) is 1. The first-order valence-corrected chi connectivity index (χ1v) is 23.1. The number of halogens is 2. The van der Waals surface area contributed by atoms with E-state index in [0.29, 0.717) is 79.0 Å². The zero-order chi connectivity index (χ0) is 44.9. The number of piperidine rings is 1. The Kier molecular flexibility index (Phi) is 10.1. The van der Waals surface area contributed by atoms with Crippen molar-refractivity contribution < 1.29 is 37.4 Å². The fourth-order valence-corrected chi connectivity index (χ4v) is 11.9. The van der Waals surface area contributed by atoms with Crippen molar-refractivity contribution in [3.63, 3.8) is 0 Å². The van der Waals surface area contributed by atoms with Gasteiger partial charge in [0.1, 0.15) is 6.04 Å². The third-order valence-electron chi connectivity index (χ3n) is 15.5. The Labute approximate surface area is 375 Å². The molecule has 1 N–H and O–H groups in total. The van der Waals surface area contributed by atoms with Gasteiger partial charge >= 0.3 is 0 Å². The Morgan fingerprint density at radius 2 is 1.74 bits per heavy atom. The highest BCUT2D eigenvalue weighted by Gasteiger charge is 2.58. The van der Waals surface area contributed by atoms with Gasteiger partial charge in [0, 0.05) is 99.7 Å². The summed E-state index contributed by atoms with van der Waals surface area (Å²) < 4.78 is 33.2. The van der Waals surface area contributed by atoms with Crippen molar-refractivity contribution in [3.05, 3.63) is 76.2 Å². The van der Waals surface area contributed by atoms with Crippen molar-refractivity contribution in [3.8, 4) is 11.1 Å². The summed E-state index contributed by atoms with van der Waals surface area (Å²) in [4.78, 5) is 74.1. The molecule has 8 aliphatic rings. The van der Waals surface area contributed by atoms with Crippen LogP contribution in [0, 0.1) is 11.3 Å². The number of nitrogens with one attached hydrogen (secondary N) is 1. The number of alkyl halides is 2. The molecule has 3 aromatic rings. The van der Waals surface area contributed by atoms with E-state index >= 15 is 0 Å². The predicted molar refractivity (Wildman–Crippen MR) is 237 cm³/mol. The van der Waals surface area contributed by atoms with Crippen molar-refractivity contribution in [2.24, 2.45) is 23.5 Å². The molecule has 2 unspecified atom stereocenters. The van der Waals surface area contributed by atoms with Crippen LogP contribution in [-0.4, -0.2) is 129 Å². The largest absolute Gasteiger partial charge is 0.368 e. The van der Waals surface area contributed by atoms with Crippen molar-refractivity contribution in [2.75, 3.05) is 55.6 Å². The molecular formula is C48H53F2N10O5+. The molecule has 2 saturated carbocycles. The van der Waals surface area contributed by atoms with E-state index in [1.807, 2.05) is 17.0 Å². The highest BCUT2D eigenvalue weighted by molar-refractivity contribution is 6.25. The molecule has 1 aromatic heterocycles. The van der Waals surface area contributed by atoms with Crippen LogP contribution in [0.25, 0.3) is 11.1 Å². The number of anilines is 2. The summed E-state index contributed by atoms with van der Waals surface area (Å²) in [5, 5.41) is 11.8. The number of benzene rings is 2. The zero-order valence-corrected chi connectivity index (χ0v) is 36.8. The number of imide groups is 2. The highest BCUT2D eigenvalue weighted by Crippen LogP contribution is 2.59. The van der Waals surface area contributed by atoms with E-state index in [9.17, 15) is 32.8 Å². The van der Waals surface area contributed by atoms with Gasteiger partial charge in [-0.05, 0) is 92.2 Å². The Morgan fingerprint density at radius 1 is 0.938 bits per heavy atom. The molecule has 65 heavy (non-hydrogen) atoms. The molecule has 7 heterocycles. The molecule has 2 aromatic carbocycles. The second kappa shape index (κ2) is 15.8. The number of rotatable bonds is 6. The third kappa shape index (κ3) is 7.08. The lowest BCUT2D eigenvalue weighted by atomic mass is 9.79. The first-order chi connectivity index (χ1) is 31.4. The van der Waals surface area contributed by atoms with E-state index in [1.54, 1.807) is 49.2 Å². The van der Waals surface area contributed by atoms with Crippen molar-refractivity contribution in [2.45, 2.75) is 89.6 Å². The first-order valence-electron chi connectivity index (χ1n) is 23.1. The molecule has 11 rings (SSSR count). The number of fused-ring (bicyclic) bond motifs is 2. The number of carbonyl (C=O) groups excluding carboxylic acids is 5. The maximum atomic E-state index is 14.7. The van der Waals surface area contributed by atoms with Crippen LogP contribution in [0.3, 0.4) is 0 Å². The number of aromatic nitrogens is 2. The maximum absolute atomic E-state index is 14.7. The third-order valence-corrected chi connectivity index (χ3v) is 15.5. The SMILES string of the molecule is CC(=O)N1CCC2=C(C1)C(N1CCCc3cc(-c4cnn(C)c4)c(C(F)F)cc31)=N/[N+]2=C/C1CCC2(CC1)CC2N1CCN(c2cccc3c2C(=O)N(C2CCC(=O)NC2=O)C3=O)CC1. The van der Waals surface area contributed by atoms with E-state index < -0.39 is 36.1 Å². The molecule has 15 nitrogen and oxygen atoms in total. The van der Waals surface area contributed by atoms with E-state index in [-0.39, 0.29) is 29.7 Å². The maximum Gasteiger partial charge on any atom is 0.264 e. The molecule has 2 aliphatic carbocycles. The lowest BCUT2D eigenvalue weighted by Gasteiger charge is -2.39. The molecule has 338 valence electrons. The summed E-state index contributed by atoms with van der Waals surface area (Å²) in [5.41, 5.74) is 6.59. The standard InChI is InChI=1S/C48H52F2N10O5/c1-28(61)57-16-12-36-35(27-57)44(58-15-4-5-30-21-33(31-24-51-54(2)26-31)34(43(49)50)22-39(30)58)53-59(36)25-29-10-13-48(14-11-29)23-40(48)56-19-17-55(18-20-56)37-7-3-6-32-42(37)47(65)60(46(32)64)38-8-9-41(62)52-45(38)63/h3,6-7,21-22,24-26,29,38,40,43H,4-5,8-20,23,27H2,1-2H3/p+1/b59-25+. The van der Waals surface area contributed by atoms with Crippen LogP contribution < -0.4 is 15.1 Å². The number of hydrogen-bond acceptors (Lipinski definition) is 10. The molecule has 1 spiro atoms. The van der Waals surface area contributed by atoms with Crippen LogP contribution in [0.2, 0.25) is 0 Å². The summed E-state index contributed by atoms with van der Waals surface area (Å²) in [5.74, 6) is -0.909. The van der Waals surface area contributed by atoms with E-state index in [2.05, 4.69) is 36.0 Å². The smallest absolute Gasteiger partial charge is 0.264 e. The number of aryl methyl sites for hydroxylation is 2. The predicted octanol–water partition coefficient (Wildman–Crippen LogP) is 4.87. The number of hydrazone groups is 1. The van der Waals surface area contributed by atoms with Crippen LogP contribution in [0.1, 0.15) is 103 Å². The minimum absolute atomic E-state index is 0.00462. The van der Waals surface area contributed by atoms with Gasteiger partial charge in [-0.2, -0.15) is 5.10 Å². The fourth-order valence-electron chi connectivity index (χ4n) is 11.9. The molecular weight excluding hydrogens is 835 g/mol. The summed E-state index contributed by atoms with van der Waals surface area (Å²) in [6, 6.07) is 8.37. The first kappa shape index (κ1) is 41.6. The molecule has 17 heteroatoms. The Morgan fingerprint density at radius 3 is 2.46 bits per heavy atom. The van der Waals surface area contributed by atoms with Gasteiger partial charge in [-0.3, -0.25) is 43.8 Å². The van der Waals surface area contributed by atoms with Crippen LogP contribution in [-0.2, 0) is 27.9 Å². The van der Waals surface area contributed by atoms with Crippen molar-refractivity contribution in [1.82, 2.24) is 29.8 Å². The second-order valence-corrected chi connectivity index (χ2v) is 19.1. The van der Waals surface area contributed by atoms with Gasteiger partial charge in [0.15, 0.2) is 6.21 Å². The molecule has 2 saturated heterocycles. The summed E-state index contributed by atoms with van der Waals surface area (Å²) in [6.45, 7) is 6.37. The Hall–Kier alpha value is -6.10. The van der Waals surface area contributed by atoms with Crippen molar-refractivity contribution >= 4 is 53.0 Å². The number of piperazine rings is 1. The minimum atomic E-state index is -2.67. The van der Waals surface area contributed by atoms with Crippen LogP contribution in [0.15, 0.2) is 59.1 Å². The van der Waals surface area contributed by atoms with Crippen LogP contribution in [0.5, 0.6) is 0 Å². The molecule has 5 amide bonds. The summed E-state index contributed by atoms with van der Waals surface area (Å²) in [7, 11) is 1.78. The van der Waals surface area contributed by atoms with Gasteiger partial charge in [0.2, 0.25) is 29.3 Å². The molecule has 2 atom stereocenters. The van der Waals surface area contributed by atoms with Gasteiger partial charge in [-0.25, -0.2) is 8.78 Å². The average Bonchev–Trinajstić information content (AvgIpc) is 3.49. The Balaban J connectivity index is 0.773. The second-order valence-electron chi connectivity index (χ2n) is 19.1. The minimum Gasteiger partial charge on any atom is -0.368 e. The number of nitrogens with zero attached hydrogens (tertiary/aromatic N) is 9. The number of carbonyl (C=O) groups is 5. The van der Waals surface area contributed by atoms with Crippen LogP contribution >= 0.6 is 0 Å². The summed E-state index contributed by atoms with van der Waals surface area (Å²) >= 11 is 0. The number of amides is 5. The highest BCUT2D eigenvalue weighted by atomic mass is 19.3. The van der Waals surface area contributed by atoms with Gasteiger partial charge < -0.3 is 14.7 Å². The Bertz CT molecular complexity index is 2660. The van der Waals surface area contributed by atoms with E-state index in [1.165, 1.54) is 0 Å². The zero-order valence-electron chi connectivity index (χ0n) is 36.8. The fraction of sp³-hybridized carbons (Fsp3) is 0.500. The van der Waals surface area contributed by atoms with E-state index in [4.69, 9.17) is 5.10 Å². The molecule has 6 aliphatic heterocycles. The lowest BCUT2D eigenvalue weighted by molar-refractivity contribution is -0.479. The topological polar surface area (TPSA) is 147 Å². The van der Waals surface area contributed by atoms with Gasteiger partial charge in [-0.1, -0.05) is 10.8 Å². The average molecular weight is 888 g/mol. The normalized spacial score (nSPS) is 27.5. The van der Waals surface area contributed by atoms with Gasteiger partial charge in [-0.15, -0.1) is 0 Å². The van der Waals surface area contributed by atoms with Crippen LogP contribution in [0.4, 0.5) is 20.2 Å². The van der Waals surface area contributed by atoms with Gasteiger partial charge in [0.05, 0.1) is 41.5 Å². The van der Waals surface area contributed by atoms with Crippen molar-refractivity contribution in [1.29, 1.82) is 0 Å². The van der Waals surface area contributed by atoms with E-state index in [0.717, 1.165) is 91.3 Å². The van der Waals surface area contributed by atoms with Gasteiger partial charge in [0.25, 0.3) is 18.2 Å². The molecule has 4 fully saturated rings. The molecule has 0 radical (unpaired) electrons. The lowest BCUT2D eigenvalue weighted by Crippen LogP contribution is -2.54. The quantitative estimate of drug-likeness (QED) is 0.271. The number of amidine groups is 1. The summed E-state index contributed by atoms with van der Waals surface area (Å²) in [6.07, 6.45) is 10.9.